The van der Waals surface area contributed by atoms with E-state index in [2.05, 4.69) is 111 Å². The molecule has 0 saturated carbocycles. The van der Waals surface area contributed by atoms with Gasteiger partial charge in [-0.15, -0.1) is 0 Å². The van der Waals surface area contributed by atoms with Gasteiger partial charge in [-0.3, -0.25) is 9.59 Å². The van der Waals surface area contributed by atoms with E-state index in [1.807, 2.05) is 0 Å². The molecule has 0 aliphatic heterocycles. The van der Waals surface area contributed by atoms with Crippen molar-refractivity contribution in [2.45, 2.75) is 142 Å². The molecule has 0 aromatic rings. The van der Waals surface area contributed by atoms with Gasteiger partial charge in [0.15, 0.2) is 0 Å². The van der Waals surface area contributed by atoms with E-state index in [1.54, 1.807) is 0 Å². The molecule has 0 amide bonds. The van der Waals surface area contributed by atoms with Gasteiger partial charge in [0.2, 0.25) is 0 Å². The van der Waals surface area contributed by atoms with Crippen molar-refractivity contribution in [3.8, 4) is 0 Å². The Morgan fingerprint density at radius 3 is 0.907 bits per heavy atom. The molecule has 0 fully saturated rings. The quantitative estimate of drug-likeness (QED) is 0.0394. The molecule has 0 saturated heterocycles. The van der Waals surface area contributed by atoms with Gasteiger partial charge < -0.3 is 4.74 Å². The van der Waals surface area contributed by atoms with Gasteiger partial charge in [-0.2, -0.15) is 0 Å². The predicted molar refractivity (Wildman–Crippen MR) is 188 cm³/mol. The molecular weight excluding hydrogens is 528 g/mol. The molecule has 0 spiro atoms. The van der Waals surface area contributed by atoms with Crippen molar-refractivity contribution in [2.24, 2.45) is 0 Å². The van der Waals surface area contributed by atoms with Crippen LogP contribution in [0.15, 0.2) is 97.2 Å². The third kappa shape index (κ3) is 35.2. The summed E-state index contributed by atoms with van der Waals surface area (Å²) in [5.41, 5.74) is 0. The second-order valence-electron chi connectivity index (χ2n) is 10.8. The van der Waals surface area contributed by atoms with Crippen LogP contribution in [-0.4, -0.2) is 11.9 Å². The maximum absolute atomic E-state index is 11.9. The lowest BCUT2D eigenvalue weighted by atomic mass is 10.2. The molecule has 240 valence electrons. The molecule has 0 atom stereocenters. The first-order valence-corrected chi connectivity index (χ1v) is 17.1. The Hall–Kier alpha value is -2.94. The summed E-state index contributed by atoms with van der Waals surface area (Å²) in [5.74, 6) is -0.836. The summed E-state index contributed by atoms with van der Waals surface area (Å²) >= 11 is 0. The van der Waals surface area contributed by atoms with Gasteiger partial charge in [-0.25, -0.2) is 0 Å². The zero-order valence-corrected chi connectivity index (χ0v) is 27.6. The summed E-state index contributed by atoms with van der Waals surface area (Å²) in [5, 5.41) is 0. The van der Waals surface area contributed by atoms with Gasteiger partial charge in [0, 0.05) is 12.8 Å². The maximum atomic E-state index is 11.9. The van der Waals surface area contributed by atoms with E-state index in [0.717, 1.165) is 51.4 Å². The zero-order chi connectivity index (χ0) is 31.3. The van der Waals surface area contributed by atoms with E-state index in [-0.39, 0.29) is 12.8 Å². The van der Waals surface area contributed by atoms with Crippen LogP contribution in [0.1, 0.15) is 142 Å². The maximum Gasteiger partial charge on any atom is 0.313 e. The van der Waals surface area contributed by atoms with Crippen molar-refractivity contribution in [1.82, 2.24) is 0 Å². The largest absolute Gasteiger partial charge is 0.393 e. The van der Waals surface area contributed by atoms with Crippen LogP contribution in [-0.2, 0) is 14.3 Å². The van der Waals surface area contributed by atoms with Crippen molar-refractivity contribution in [1.29, 1.82) is 0 Å². The summed E-state index contributed by atoms with van der Waals surface area (Å²) in [6, 6.07) is 0. The number of carbonyl (C=O) groups excluding carboxylic acids is 2. The first-order valence-electron chi connectivity index (χ1n) is 17.1. The number of esters is 2. The molecule has 0 rings (SSSR count). The zero-order valence-electron chi connectivity index (χ0n) is 27.6. The van der Waals surface area contributed by atoms with Crippen molar-refractivity contribution < 1.29 is 14.3 Å². The molecular formula is C40H62O3. The second kappa shape index (κ2) is 35.3. The molecule has 0 bridgehead atoms. The average molecular weight is 591 g/mol. The molecule has 3 heteroatoms. The lowest BCUT2D eigenvalue weighted by Crippen LogP contribution is -2.11. The normalized spacial score (nSPS) is 12.8. The van der Waals surface area contributed by atoms with Crippen LogP contribution in [0.25, 0.3) is 0 Å². The lowest BCUT2D eigenvalue weighted by molar-refractivity contribution is -0.159. The minimum Gasteiger partial charge on any atom is -0.393 e. The smallest absolute Gasteiger partial charge is 0.313 e. The Balaban J connectivity index is 3.64. The van der Waals surface area contributed by atoms with Gasteiger partial charge in [0.1, 0.15) is 0 Å². The predicted octanol–water partition coefficient (Wildman–Crippen LogP) is 12.3. The fourth-order valence-electron chi connectivity index (χ4n) is 4.08. The van der Waals surface area contributed by atoms with Crippen LogP contribution in [0.4, 0.5) is 0 Å². The highest BCUT2D eigenvalue weighted by Crippen LogP contribution is 2.05. The minimum absolute atomic E-state index is 0.279. The summed E-state index contributed by atoms with van der Waals surface area (Å²) < 4.78 is 4.94. The second-order valence-corrected chi connectivity index (χ2v) is 10.8. The summed E-state index contributed by atoms with van der Waals surface area (Å²) in [6.07, 6.45) is 54.5. The van der Waals surface area contributed by atoms with Crippen molar-refractivity contribution in [2.75, 3.05) is 0 Å². The Morgan fingerprint density at radius 2 is 0.628 bits per heavy atom. The molecule has 0 aliphatic rings. The number of unbranched alkanes of at least 4 members (excludes halogenated alkanes) is 8. The number of hydrogen-bond acceptors (Lipinski definition) is 3. The number of hydrogen-bond donors (Lipinski definition) is 0. The van der Waals surface area contributed by atoms with E-state index < -0.39 is 11.9 Å². The van der Waals surface area contributed by atoms with Gasteiger partial charge in [0.05, 0.1) is 0 Å². The Morgan fingerprint density at radius 1 is 0.372 bits per heavy atom. The SMILES string of the molecule is CCCCC/C=C/C/C=C/C/C=C/C/C=C/CCCC(=O)OC(=O)CCC/C=C/C/C=C/C/C=C/C/C=C/CCCCC. The lowest BCUT2D eigenvalue weighted by Gasteiger charge is -2.01. The molecule has 0 unspecified atom stereocenters. The number of ether oxygens (including phenoxy) is 1. The van der Waals surface area contributed by atoms with E-state index >= 15 is 0 Å². The fraction of sp³-hybridized carbons (Fsp3) is 0.550. The highest BCUT2D eigenvalue weighted by Gasteiger charge is 2.09. The van der Waals surface area contributed by atoms with Crippen molar-refractivity contribution in [3.05, 3.63) is 97.2 Å². The Labute approximate surface area is 265 Å². The highest BCUT2D eigenvalue weighted by molar-refractivity contribution is 5.85. The standard InChI is InChI=1S/C40H62O3/c1-3-5-7-9-11-13-15-17-19-21-23-25-27-29-31-33-35-37-39(41)43-40(42)38-36-34-32-30-28-26-24-22-20-18-16-14-12-10-8-6-4-2/h11-14,17-20,23-26,29-32H,3-10,15-16,21-22,27-28,33-38H2,1-2H3/b13-11+,14-12+,19-17+,20-18+,25-23+,26-24+,31-29+,32-30+. The van der Waals surface area contributed by atoms with Gasteiger partial charge >= 0.3 is 11.9 Å². The van der Waals surface area contributed by atoms with Crippen LogP contribution in [0, 0.1) is 0 Å². The summed E-state index contributed by atoms with van der Waals surface area (Å²) in [7, 11) is 0. The molecule has 0 aromatic carbocycles. The third-order valence-electron chi connectivity index (χ3n) is 6.65. The summed E-state index contributed by atoms with van der Waals surface area (Å²) in [4.78, 5) is 23.8. The molecule has 3 nitrogen and oxygen atoms in total. The van der Waals surface area contributed by atoms with Crippen LogP contribution in [0.3, 0.4) is 0 Å². The van der Waals surface area contributed by atoms with E-state index in [0.29, 0.717) is 12.8 Å². The monoisotopic (exact) mass is 590 g/mol. The number of carbonyl (C=O) groups is 2. The Bertz CT molecular complexity index is 807. The van der Waals surface area contributed by atoms with E-state index in [4.69, 9.17) is 4.74 Å². The first-order chi connectivity index (χ1) is 21.2. The van der Waals surface area contributed by atoms with E-state index in [9.17, 15) is 9.59 Å². The molecule has 0 N–H and O–H groups in total. The van der Waals surface area contributed by atoms with Crippen molar-refractivity contribution >= 4 is 11.9 Å². The van der Waals surface area contributed by atoms with Gasteiger partial charge in [-0.05, 0) is 89.9 Å². The third-order valence-corrected chi connectivity index (χ3v) is 6.65. The molecule has 0 aromatic heterocycles. The van der Waals surface area contributed by atoms with Gasteiger partial charge in [0.25, 0.3) is 0 Å². The van der Waals surface area contributed by atoms with Crippen LogP contribution in [0.2, 0.25) is 0 Å². The molecule has 0 radical (unpaired) electrons. The van der Waals surface area contributed by atoms with E-state index in [1.165, 1.54) is 51.4 Å². The number of rotatable bonds is 28. The minimum atomic E-state index is -0.418. The van der Waals surface area contributed by atoms with Gasteiger partial charge in [-0.1, -0.05) is 137 Å². The Kier molecular flexibility index (Phi) is 32.8. The fourth-order valence-corrected chi connectivity index (χ4v) is 4.08. The average Bonchev–Trinajstić information content (AvgIpc) is 3.00. The highest BCUT2D eigenvalue weighted by atomic mass is 16.6. The molecule has 0 heterocycles. The van der Waals surface area contributed by atoms with Crippen molar-refractivity contribution in [3.63, 3.8) is 0 Å². The topological polar surface area (TPSA) is 43.4 Å². The first kappa shape index (κ1) is 40.1. The van der Waals surface area contributed by atoms with Crippen LogP contribution < -0.4 is 0 Å². The molecule has 0 aliphatic carbocycles. The summed E-state index contributed by atoms with van der Waals surface area (Å²) in [6.45, 7) is 4.47. The van der Waals surface area contributed by atoms with Crippen LogP contribution >= 0.6 is 0 Å². The number of allylic oxidation sites excluding steroid dienone is 16. The van der Waals surface area contributed by atoms with Crippen LogP contribution in [0.5, 0.6) is 0 Å². The molecule has 43 heavy (non-hydrogen) atoms.